The zero-order valence-corrected chi connectivity index (χ0v) is 19.7. The molecular formula is C27H22N4O3S. The van der Waals surface area contributed by atoms with Gasteiger partial charge in [-0.2, -0.15) is 0 Å². The van der Waals surface area contributed by atoms with Gasteiger partial charge in [0, 0.05) is 17.4 Å². The van der Waals surface area contributed by atoms with Crippen LogP contribution in [0.15, 0.2) is 95.7 Å². The summed E-state index contributed by atoms with van der Waals surface area (Å²) in [5, 5.41) is 4.43. The van der Waals surface area contributed by atoms with Gasteiger partial charge in [-0.1, -0.05) is 48.2 Å². The van der Waals surface area contributed by atoms with Crippen molar-refractivity contribution in [1.82, 2.24) is 4.98 Å². The standard InChI is InChI=1S/C27H22N4O3S/c1-34-22-9-5-6-18(14-22)15-24-26(33)31(21-7-3-2-4-8-21)27(30-24)35-17-25(32)29-20-11-10-19-12-13-28-23(19)16-20/h2-16,28H,17H2,1H3,(H,29,32)/b24-15-. The fourth-order valence-corrected chi connectivity index (χ4v) is 4.55. The monoisotopic (exact) mass is 482 g/mol. The van der Waals surface area contributed by atoms with E-state index in [1.807, 2.05) is 85.1 Å². The van der Waals surface area contributed by atoms with Gasteiger partial charge in [-0.15, -0.1) is 0 Å². The third kappa shape index (κ3) is 4.97. The van der Waals surface area contributed by atoms with Gasteiger partial charge in [0.1, 0.15) is 11.4 Å². The van der Waals surface area contributed by atoms with Crippen LogP contribution in [0.4, 0.5) is 11.4 Å². The smallest absolute Gasteiger partial charge is 0.283 e. The largest absolute Gasteiger partial charge is 0.497 e. The van der Waals surface area contributed by atoms with E-state index in [1.54, 1.807) is 13.2 Å². The number of nitrogens with zero attached hydrogens (tertiary/aromatic N) is 2. The molecular weight excluding hydrogens is 460 g/mol. The predicted octanol–water partition coefficient (Wildman–Crippen LogP) is 5.29. The Morgan fingerprint density at radius 3 is 2.77 bits per heavy atom. The van der Waals surface area contributed by atoms with Crippen molar-refractivity contribution < 1.29 is 14.3 Å². The SMILES string of the molecule is COc1cccc(/C=C2\N=C(SCC(=O)Nc3ccc4cc[nH]c4c3)N(c3ccccc3)C2=O)c1. The number of anilines is 2. The maximum atomic E-state index is 13.3. The number of aromatic amines is 1. The van der Waals surface area contributed by atoms with Gasteiger partial charge in [0.15, 0.2) is 5.17 Å². The molecule has 0 spiro atoms. The topological polar surface area (TPSA) is 86.8 Å². The summed E-state index contributed by atoms with van der Waals surface area (Å²) in [7, 11) is 1.60. The quantitative estimate of drug-likeness (QED) is 0.366. The number of carbonyl (C=O) groups is 2. The maximum absolute atomic E-state index is 13.3. The highest BCUT2D eigenvalue weighted by Crippen LogP contribution is 2.30. The summed E-state index contributed by atoms with van der Waals surface area (Å²) in [6, 6.07) is 24.4. The van der Waals surface area contributed by atoms with Gasteiger partial charge < -0.3 is 15.0 Å². The molecule has 0 saturated heterocycles. The maximum Gasteiger partial charge on any atom is 0.283 e. The van der Waals surface area contributed by atoms with Crippen molar-refractivity contribution in [3.05, 3.63) is 96.3 Å². The number of aromatic nitrogens is 1. The summed E-state index contributed by atoms with van der Waals surface area (Å²) < 4.78 is 5.28. The van der Waals surface area contributed by atoms with Crippen LogP contribution in [0.2, 0.25) is 0 Å². The van der Waals surface area contributed by atoms with Crippen molar-refractivity contribution in [3.8, 4) is 5.75 Å². The summed E-state index contributed by atoms with van der Waals surface area (Å²) in [5.74, 6) is 0.357. The zero-order valence-electron chi connectivity index (χ0n) is 18.9. The van der Waals surface area contributed by atoms with Crippen molar-refractivity contribution in [2.75, 3.05) is 23.1 Å². The predicted molar refractivity (Wildman–Crippen MR) is 142 cm³/mol. The van der Waals surface area contributed by atoms with E-state index in [2.05, 4.69) is 15.3 Å². The number of thioether (sulfide) groups is 1. The second-order valence-corrected chi connectivity index (χ2v) is 8.74. The molecule has 5 rings (SSSR count). The number of H-pyrrole nitrogens is 1. The molecule has 0 fully saturated rings. The number of hydrogen-bond acceptors (Lipinski definition) is 5. The highest BCUT2D eigenvalue weighted by atomic mass is 32.2. The third-order valence-corrected chi connectivity index (χ3v) is 6.35. The van der Waals surface area contributed by atoms with Crippen LogP contribution >= 0.6 is 11.8 Å². The van der Waals surface area contributed by atoms with Crippen molar-refractivity contribution in [2.24, 2.45) is 4.99 Å². The number of amides is 2. The first-order chi connectivity index (χ1) is 17.1. The van der Waals surface area contributed by atoms with Crippen molar-refractivity contribution in [2.45, 2.75) is 0 Å². The summed E-state index contributed by atoms with van der Waals surface area (Å²) in [4.78, 5) is 35.2. The Morgan fingerprint density at radius 2 is 1.94 bits per heavy atom. The van der Waals surface area contributed by atoms with E-state index in [-0.39, 0.29) is 17.6 Å². The number of aliphatic imine (C=N–C) groups is 1. The van der Waals surface area contributed by atoms with Gasteiger partial charge in [-0.05, 0) is 59.5 Å². The fourth-order valence-electron chi connectivity index (χ4n) is 3.74. The number of carbonyl (C=O) groups excluding carboxylic acids is 2. The van der Waals surface area contributed by atoms with E-state index in [0.29, 0.717) is 28.0 Å². The number of amidine groups is 1. The fraction of sp³-hybridized carbons (Fsp3) is 0.0741. The molecule has 4 aromatic rings. The molecule has 1 aliphatic rings. The molecule has 8 heteroatoms. The van der Waals surface area contributed by atoms with Crippen LogP contribution in [0.25, 0.3) is 17.0 Å². The number of rotatable bonds is 6. The average molecular weight is 483 g/mol. The van der Waals surface area contributed by atoms with Crippen LogP contribution in [-0.4, -0.2) is 34.8 Å². The molecule has 0 radical (unpaired) electrons. The van der Waals surface area contributed by atoms with Gasteiger partial charge >= 0.3 is 0 Å². The first-order valence-electron chi connectivity index (χ1n) is 10.9. The number of hydrogen-bond donors (Lipinski definition) is 2. The highest BCUT2D eigenvalue weighted by Gasteiger charge is 2.32. The van der Waals surface area contributed by atoms with E-state index < -0.39 is 0 Å². The van der Waals surface area contributed by atoms with E-state index in [4.69, 9.17) is 4.74 Å². The Kier molecular flexibility index (Phi) is 6.36. The van der Waals surface area contributed by atoms with Crippen LogP contribution in [0.3, 0.4) is 0 Å². The molecule has 0 saturated carbocycles. The number of para-hydroxylation sites is 1. The number of methoxy groups -OCH3 is 1. The van der Waals surface area contributed by atoms with Gasteiger partial charge in [0.2, 0.25) is 5.91 Å². The van der Waals surface area contributed by atoms with Gasteiger partial charge in [-0.25, -0.2) is 4.99 Å². The number of nitrogens with one attached hydrogen (secondary N) is 2. The molecule has 0 aliphatic carbocycles. The summed E-state index contributed by atoms with van der Waals surface area (Å²) in [5.41, 5.74) is 3.43. The zero-order chi connectivity index (χ0) is 24.2. The second-order valence-electron chi connectivity index (χ2n) is 7.79. The van der Waals surface area contributed by atoms with Crippen LogP contribution in [0.5, 0.6) is 5.75 Å². The molecule has 3 aromatic carbocycles. The lowest BCUT2D eigenvalue weighted by atomic mass is 10.2. The molecule has 2 amide bonds. The van der Waals surface area contributed by atoms with E-state index in [1.165, 1.54) is 16.7 Å². The molecule has 1 aromatic heterocycles. The minimum atomic E-state index is -0.251. The molecule has 0 unspecified atom stereocenters. The van der Waals surface area contributed by atoms with Crippen molar-refractivity contribution >= 4 is 57.1 Å². The molecule has 7 nitrogen and oxygen atoms in total. The Balaban J connectivity index is 1.36. The molecule has 174 valence electrons. The summed E-state index contributed by atoms with van der Waals surface area (Å²) in [6.45, 7) is 0. The second kappa shape index (κ2) is 9.90. The van der Waals surface area contributed by atoms with Crippen LogP contribution in [0, 0.1) is 0 Å². The van der Waals surface area contributed by atoms with Crippen molar-refractivity contribution in [1.29, 1.82) is 0 Å². The third-order valence-electron chi connectivity index (χ3n) is 5.41. The lowest BCUT2D eigenvalue weighted by Gasteiger charge is -2.17. The molecule has 35 heavy (non-hydrogen) atoms. The van der Waals surface area contributed by atoms with Gasteiger partial charge in [0.05, 0.1) is 18.6 Å². The first-order valence-corrected chi connectivity index (χ1v) is 11.9. The van der Waals surface area contributed by atoms with E-state index in [0.717, 1.165) is 16.5 Å². The molecule has 2 heterocycles. The number of ether oxygens (including phenoxy) is 1. The lowest BCUT2D eigenvalue weighted by Crippen LogP contribution is -2.31. The van der Waals surface area contributed by atoms with Crippen LogP contribution < -0.4 is 15.0 Å². The van der Waals surface area contributed by atoms with E-state index >= 15 is 0 Å². The summed E-state index contributed by atoms with van der Waals surface area (Å²) in [6.07, 6.45) is 3.58. The van der Waals surface area contributed by atoms with Gasteiger partial charge in [-0.3, -0.25) is 14.5 Å². The Bertz CT molecular complexity index is 1460. The van der Waals surface area contributed by atoms with Crippen LogP contribution in [0.1, 0.15) is 5.56 Å². The Hall–Kier alpha value is -4.30. The molecule has 2 N–H and O–H groups in total. The normalized spacial score (nSPS) is 14.4. The first kappa shape index (κ1) is 22.5. The van der Waals surface area contributed by atoms with Gasteiger partial charge in [0.25, 0.3) is 5.91 Å². The lowest BCUT2D eigenvalue weighted by molar-refractivity contribution is -0.114. The summed E-state index contributed by atoms with van der Waals surface area (Å²) >= 11 is 1.22. The minimum absolute atomic E-state index is 0.102. The Morgan fingerprint density at radius 1 is 1.09 bits per heavy atom. The van der Waals surface area contributed by atoms with Crippen molar-refractivity contribution in [3.63, 3.8) is 0 Å². The number of benzene rings is 3. The average Bonchev–Trinajstić information content (AvgIpc) is 3.47. The molecule has 0 atom stereocenters. The molecule has 1 aliphatic heterocycles. The Labute approximate surface area is 206 Å². The van der Waals surface area contributed by atoms with E-state index in [9.17, 15) is 9.59 Å². The van der Waals surface area contributed by atoms with Crippen LogP contribution in [-0.2, 0) is 9.59 Å². The number of fused-ring (bicyclic) bond motifs is 1. The minimum Gasteiger partial charge on any atom is -0.497 e. The molecule has 0 bridgehead atoms. The highest BCUT2D eigenvalue weighted by molar-refractivity contribution is 8.14.